The van der Waals surface area contributed by atoms with E-state index in [4.69, 9.17) is 6.42 Å². The van der Waals surface area contributed by atoms with E-state index in [9.17, 15) is 4.79 Å². The molecule has 0 saturated carbocycles. The quantitative estimate of drug-likeness (QED) is 0.698. The Hall–Kier alpha value is -1.99. The van der Waals surface area contributed by atoms with Crippen LogP contribution in [0.2, 0.25) is 0 Å². The third kappa shape index (κ3) is 1.33. The molecule has 0 unspecified atom stereocenters. The van der Waals surface area contributed by atoms with E-state index in [2.05, 4.69) is 16.2 Å². The van der Waals surface area contributed by atoms with E-state index >= 15 is 0 Å². The molecule has 0 radical (unpaired) electrons. The summed E-state index contributed by atoms with van der Waals surface area (Å²) >= 11 is 0. The lowest BCUT2D eigenvalue weighted by Gasteiger charge is -2.28. The number of hydrogen-bond acceptors (Lipinski definition) is 2. The van der Waals surface area contributed by atoms with Gasteiger partial charge in [-0.15, -0.1) is 6.42 Å². The van der Waals surface area contributed by atoms with E-state index in [0.29, 0.717) is 5.92 Å². The molecule has 1 aliphatic heterocycles. The topological polar surface area (TPSA) is 49.8 Å². The van der Waals surface area contributed by atoms with Gasteiger partial charge in [-0.1, -0.05) is 12.0 Å². The maximum absolute atomic E-state index is 11.6. The van der Waals surface area contributed by atoms with Gasteiger partial charge >= 0.3 is 5.69 Å². The van der Waals surface area contributed by atoms with Crippen molar-refractivity contribution in [1.82, 2.24) is 14.9 Å². The fraction of sp³-hybridized carbons (Fsp3) is 0.308. The van der Waals surface area contributed by atoms with Crippen molar-refractivity contribution < 1.29 is 0 Å². The van der Waals surface area contributed by atoms with Crippen molar-refractivity contribution in [2.24, 2.45) is 7.05 Å². The molecule has 0 atom stereocenters. The zero-order valence-electron chi connectivity index (χ0n) is 9.58. The molecule has 0 spiro atoms. The summed E-state index contributed by atoms with van der Waals surface area (Å²) in [5.74, 6) is 3.20. The number of hydrogen-bond donors (Lipinski definition) is 2. The number of rotatable bonds is 1. The second-order valence-corrected chi connectivity index (χ2v) is 4.41. The van der Waals surface area contributed by atoms with Crippen LogP contribution in [0.4, 0.5) is 0 Å². The van der Waals surface area contributed by atoms with Gasteiger partial charge in [0.25, 0.3) is 0 Å². The van der Waals surface area contributed by atoms with Crippen LogP contribution in [0.15, 0.2) is 16.9 Å². The fourth-order valence-electron chi connectivity index (χ4n) is 2.36. The average molecular weight is 227 g/mol. The molecule has 1 aromatic carbocycles. The van der Waals surface area contributed by atoms with Gasteiger partial charge in [-0.2, -0.15) is 0 Å². The molecule has 2 N–H and O–H groups in total. The van der Waals surface area contributed by atoms with Crippen molar-refractivity contribution in [3.63, 3.8) is 0 Å². The Labute approximate surface area is 98.6 Å². The molecule has 1 aromatic heterocycles. The van der Waals surface area contributed by atoms with E-state index in [1.807, 2.05) is 12.1 Å². The van der Waals surface area contributed by atoms with Crippen LogP contribution in [-0.4, -0.2) is 22.6 Å². The van der Waals surface area contributed by atoms with E-state index in [0.717, 1.165) is 35.2 Å². The van der Waals surface area contributed by atoms with Crippen LogP contribution in [0.1, 0.15) is 17.0 Å². The second-order valence-electron chi connectivity index (χ2n) is 4.41. The molecule has 17 heavy (non-hydrogen) atoms. The Morgan fingerprint density at radius 2 is 2.24 bits per heavy atom. The molecule has 0 aliphatic carbocycles. The lowest BCUT2D eigenvalue weighted by molar-refractivity contribution is 0.448. The van der Waals surface area contributed by atoms with E-state index < -0.39 is 0 Å². The summed E-state index contributed by atoms with van der Waals surface area (Å²) in [5.41, 5.74) is 3.52. The standard InChI is InChI=1S/C13H13N3O/c1-3-9-10(8-6-14-7-8)4-5-11-12(9)16(2)13(17)15-11/h1,4-5,8,14H,6-7H2,2H3,(H,15,17). The third-order valence-electron chi connectivity index (χ3n) is 3.46. The molecular weight excluding hydrogens is 214 g/mol. The summed E-state index contributed by atoms with van der Waals surface area (Å²) in [5, 5.41) is 3.23. The van der Waals surface area contributed by atoms with Crippen LogP contribution in [0.25, 0.3) is 11.0 Å². The lowest BCUT2D eigenvalue weighted by atomic mass is 9.89. The Morgan fingerprint density at radius 3 is 2.82 bits per heavy atom. The van der Waals surface area contributed by atoms with Crippen molar-refractivity contribution in [1.29, 1.82) is 0 Å². The molecule has 0 amide bonds. The molecule has 2 heterocycles. The number of aromatic nitrogens is 2. The fourth-order valence-corrected chi connectivity index (χ4v) is 2.36. The number of benzene rings is 1. The minimum absolute atomic E-state index is 0.125. The maximum Gasteiger partial charge on any atom is 0.326 e. The van der Waals surface area contributed by atoms with Gasteiger partial charge in [0, 0.05) is 26.1 Å². The highest BCUT2D eigenvalue weighted by Gasteiger charge is 2.23. The number of aryl methyl sites for hydroxylation is 1. The van der Waals surface area contributed by atoms with E-state index in [-0.39, 0.29) is 5.69 Å². The molecule has 0 bridgehead atoms. The highest BCUT2D eigenvalue weighted by Crippen LogP contribution is 2.27. The molecule has 3 rings (SSSR count). The molecular formula is C13H13N3O. The second kappa shape index (κ2) is 3.51. The molecule has 2 aromatic rings. The minimum Gasteiger partial charge on any atom is -0.315 e. The Bertz CT molecular complexity index is 683. The molecule has 1 saturated heterocycles. The summed E-state index contributed by atoms with van der Waals surface area (Å²) in [4.78, 5) is 14.4. The summed E-state index contributed by atoms with van der Waals surface area (Å²) in [7, 11) is 1.74. The maximum atomic E-state index is 11.6. The average Bonchev–Trinajstić information content (AvgIpc) is 2.53. The highest BCUT2D eigenvalue weighted by atomic mass is 16.1. The van der Waals surface area contributed by atoms with Crippen molar-refractivity contribution >= 4 is 11.0 Å². The predicted octanol–water partition coefficient (Wildman–Crippen LogP) is 0.535. The van der Waals surface area contributed by atoms with Gasteiger partial charge in [-0.25, -0.2) is 4.79 Å². The minimum atomic E-state index is -0.125. The van der Waals surface area contributed by atoms with Crippen LogP contribution in [0, 0.1) is 12.3 Å². The van der Waals surface area contributed by atoms with Gasteiger partial charge in [-0.3, -0.25) is 4.57 Å². The Kier molecular flexibility index (Phi) is 2.10. The molecule has 1 fully saturated rings. The molecule has 4 nitrogen and oxygen atoms in total. The first-order chi connectivity index (χ1) is 8.22. The van der Waals surface area contributed by atoms with Crippen molar-refractivity contribution in [3.05, 3.63) is 33.7 Å². The van der Waals surface area contributed by atoms with Crippen LogP contribution in [0.5, 0.6) is 0 Å². The van der Waals surface area contributed by atoms with Gasteiger partial charge in [0.15, 0.2) is 0 Å². The van der Waals surface area contributed by atoms with Crippen molar-refractivity contribution in [3.8, 4) is 12.3 Å². The molecule has 86 valence electrons. The van der Waals surface area contributed by atoms with Gasteiger partial charge in [0.05, 0.1) is 16.6 Å². The zero-order chi connectivity index (χ0) is 12.0. The van der Waals surface area contributed by atoms with Crippen LogP contribution >= 0.6 is 0 Å². The summed E-state index contributed by atoms with van der Waals surface area (Å²) in [6, 6.07) is 3.96. The SMILES string of the molecule is C#Cc1c(C2CNC2)ccc2[nH]c(=O)n(C)c12. The zero-order valence-corrected chi connectivity index (χ0v) is 9.58. The van der Waals surface area contributed by atoms with Crippen LogP contribution in [0.3, 0.4) is 0 Å². The number of nitrogens with zero attached hydrogens (tertiary/aromatic N) is 1. The van der Waals surface area contributed by atoms with E-state index in [1.165, 1.54) is 0 Å². The highest BCUT2D eigenvalue weighted by molar-refractivity contribution is 5.84. The van der Waals surface area contributed by atoms with Gasteiger partial charge < -0.3 is 10.3 Å². The first-order valence-corrected chi connectivity index (χ1v) is 5.61. The normalized spacial score (nSPS) is 15.8. The largest absolute Gasteiger partial charge is 0.326 e. The smallest absolute Gasteiger partial charge is 0.315 e. The molecule has 1 aliphatic rings. The van der Waals surface area contributed by atoms with Gasteiger partial charge in [0.1, 0.15) is 0 Å². The number of nitrogens with one attached hydrogen (secondary N) is 2. The van der Waals surface area contributed by atoms with Crippen LogP contribution < -0.4 is 11.0 Å². The van der Waals surface area contributed by atoms with E-state index in [1.54, 1.807) is 11.6 Å². The van der Waals surface area contributed by atoms with Crippen molar-refractivity contribution in [2.75, 3.05) is 13.1 Å². The first-order valence-electron chi connectivity index (χ1n) is 5.61. The summed E-state index contributed by atoms with van der Waals surface area (Å²) < 4.78 is 1.58. The summed E-state index contributed by atoms with van der Waals surface area (Å²) in [6.45, 7) is 1.91. The third-order valence-corrected chi connectivity index (χ3v) is 3.46. The predicted molar refractivity (Wildman–Crippen MR) is 67.1 cm³/mol. The van der Waals surface area contributed by atoms with Crippen LogP contribution in [-0.2, 0) is 7.05 Å². The number of fused-ring (bicyclic) bond motifs is 1. The number of H-pyrrole nitrogens is 1. The number of imidazole rings is 1. The molecule has 4 heteroatoms. The first kappa shape index (κ1) is 10.2. The lowest BCUT2D eigenvalue weighted by Crippen LogP contribution is -2.40. The Morgan fingerprint density at radius 1 is 1.47 bits per heavy atom. The number of aromatic amines is 1. The number of terminal acetylenes is 1. The van der Waals surface area contributed by atoms with Crippen molar-refractivity contribution in [2.45, 2.75) is 5.92 Å². The van der Waals surface area contributed by atoms with Gasteiger partial charge in [0.2, 0.25) is 0 Å². The summed E-state index contributed by atoms with van der Waals surface area (Å²) in [6.07, 6.45) is 5.61. The Balaban J connectivity index is 2.35. The monoisotopic (exact) mass is 227 g/mol. The van der Waals surface area contributed by atoms with Gasteiger partial charge in [-0.05, 0) is 11.6 Å².